The maximum absolute atomic E-state index is 6.49. The molecule has 0 unspecified atom stereocenters. The van der Waals surface area contributed by atoms with Crippen LogP contribution in [0.25, 0.3) is 0 Å². The van der Waals surface area contributed by atoms with Crippen LogP contribution in [0.15, 0.2) is 47.3 Å². The van der Waals surface area contributed by atoms with Gasteiger partial charge in [0.25, 0.3) is 0 Å². The molecule has 1 aromatic rings. The zero-order chi connectivity index (χ0) is 16.5. The number of hydrogen-bond donors (Lipinski definition) is 0. The van der Waals surface area contributed by atoms with E-state index >= 15 is 0 Å². The number of methoxy groups -OCH3 is 2. The third kappa shape index (κ3) is 1.44. The second-order valence-electron chi connectivity index (χ2n) is 7.12. The van der Waals surface area contributed by atoms with Crippen LogP contribution in [0, 0.1) is 5.92 Å². The van der Waals surface area contributed by atoms with E-state index in [1.165, 1.54) is 16.7 Å². The van der Waals surface area contributed by atoms with Gasteiger partial charge in [0, 0.05) is 11.5 Å². The molecule has 3 aliphatic carbocycles. The molecule has 0 saturated heterocycles. The van der Waals surface area contributed by atoms with Crippen LogP contribution >= 0.6 is 0 Å². The molecule has 24 heavy (non-hydrogen) atoms. The molecule has 5 rings (SSSR count). The Morgan fingerprint density at radius 3 is 2.83 bits per heavy atom. The van der Waals surface area contributed by atoms with E-state index < -0.39 is 0 Å². The van der Waals surface area contributed by atoms with Gasteiger partial charge in [-0.05, 0) is 49.5 Å². The second kappa shape index (κ2) is 4.69. The Balaban J connectivity index is 1.84. The Morgan fingerprint density at radius 2 is 2.08 bits per heavy atom. The van der Waals surface area contributed by atoms with Crippen LogP contribution in [0.5, 0.6) is 11.5 Å². The van der Waals surface area contributed by atoms with Crippen LogP contribution < -0.4 is 9.47 Å². The Hall–Kier alpha value is -2.16. The highest BCUT2D eigenvalue weighted by Crippen LogP contribution is 2.65. The summed E-state index contributed by atoms with van der Waals surface area (Å²) in [6, 6.07) is 4.29. The van der Waals surface area contributed by atoms with Crippen LogP contribution in [0.4, 0.5) is 0 Å². The maximum atomic E-state index is 6.49. The highest BCUT2D eigenvalue weighted by Gasteiger charge is 2.61. The number of benzene rings is 1. The molecule has 3 nitrogen and oxygen atoms in total. The summed E-state index contributed by atoms with van der Waals surface area (Å²) < 4.78 is 17.8. The number of allylic oxidation sites excluding steroid dienone is 4. The fraction of sp³-hybridized carbons (Fsp3) is 0.429. The van der Waals surface area contributed by atoms with Crippen molar-refractivity contribution in [2.45, 2.75) is 37.7 Å². The molecule has 4 aliphatic rings. The number of ether oxygens (including phenoxy) is 3. The topological polar surface area (TPSA) is 27.7 Å². The van der Waals surface area contributed by atoms with E-state index in [4.69, 9.17) is 14.2 Å². The largest absolute Gasteiger partial charge is 0.497 e. The van der Waals surface area contributed by atoms with Gasteiger partial charge in [0.15, 0.2) is 17.6 Å². The van der Waals surface area contributed by atoms with Crippen molar-refractivity contribution in [3.05, 3.63) is 58.4 Å². The van der Waals surface area contributed by atoms with Crippen LogP contribution in [0.3, 0.4) is 0 Å². The summed E-state index contributed by atoms with van der Waals surface area (Å²) in [6.45, 7) is 2.17. The molecule has 0 aromatic heterocycles. The van der Waals surface area contributed by atoms with E-state index in [1.54, 1.807) is 19.8 Å². The SMILES string of the molecule is C/C=C1\CC[C@@]23C4=CC=C(OC)[C@@H]2Oc2c(OC)ccc(c23)C[C@H]41. The second-order valence-corrected chi connectivity index (χ2v) is 7.12. The summed E-state index contributed by atoms with van der Waals surface area (Å²) in [5.74, 6) is 3.18. The van der Waals surface area contributed by atoms with Gasteiger partial charge in [-0.1, -0.05) is 23.8 Å². The normalized spacial score (nSPS) is 33.4. The molecular weight excluding hydrogens is 300 g/mol. The molecule has 124 valence electrons. The Bertz CT molecular complexity index is 830. The fourth-order valence-corrected chi connectivity index (χ4v) is 5.42. The minimum absolute atomic E-state index is 0.0613. The smallest absolute Gasteiger partial charge is 0.169 e. The van der Waals surface area contributed by atoms with Gasteiger partial charge >= 0.3 is 0 Å². The molecule has 0 N–H and O–H groups in total. The Kier molecular flexibility index (Phi) is 2.77. The van der Waals surface area contributed by atoms with Crippen molar-refractivity contribution >= 4 is 0 Å². The lowest BCUT2D eigenvalue weighted by molar-refractivity contribution is 0.102. The zero-order valence-corrected chi connectivity index (χ0v) is 14.4. The Morgan fingerprint density at radius 1 is 1.21 bits per heavy atom. The molecule has 1 heterocycles. The summed E-state index contributed by atoms with van der Waals surface area (Å²) in [6.07, 6.45) is 9.92. The summed E-state index contributed by atoms with van der Waals surface area (Å²) in [7, 11) is 3.46. The van der Waals surface area contributed by atoms with Crippen LogP contribution in [0.2, 0.25) is 0 Å². The minimum Gasteiger partial charge on any atom is -0.497 e. The third-order valence-corrected chi connectivity index (χ3v) is 6.42. The van der Waals surface area contributed by atoms with Crippen LogP contribution in [-0.4, -0.2) is 20.3 Å². The lowest BCUT2D eigenvalue weighted by atomic mass is 9.52. The highest BCUT2D eigenvalue weighted by atomic mass is 16.6. The summed E-state index contributed by atoms with van der Waals surface area (Å²) in [5.41, 5.74) is 5.76. The Labute approximate surface area is 142 Å². The van der Waals surface area contributed by atoms with Crippen LogP contribution in [0.1, 0.15) is 30.9 Å². The van der Waals surface area contributed by atoms with Crippen molar-refractivity contribution in [1.29, 1.82) is 0 Å². The predicted molar refractivity (Wildman–Crippen MR) is 92.4 cm³/mol. The molecule has 1 aromatic carbocycles. The quantitative estimate of drug-likeness (QED) is 0.768. The van der Waals surface area contributed by atoms with E-state index in [-0.39, 0.29) is 11.5 Å². The van der Waals surface area contributed by atoms with Crippen molar-refractivity contribution in [2.24, 2.45) is 5.92 Å². The monoisotopic (exact) mass is 322 g/mol. The first kappa shape index (κ1) is 14.2. The molecular formula is C21H22O3. The molecule has 3 heteroatoms. The molecule has 2 bridgehead atoms. The van der Waals surface area contributed by atoms with Gasteiger partial charge in [-0.25, -0.2) is 0 Å². The average molecular weight is 322 g/mol. The van der Waals surface area contributed by atoms with Gasteiger partial charge in [-0.3, -0.25) is 0 Å². The van der Waals surface area contributed by atoms with Gasteiger partial charge in [0.2, 0.25) is 0 Å². The summed E-state index contributed by atoms with van der Waals surface area (Å²) in [4.78, 5) is 0. The molecule has 3 atom stereocenters. The van der Waals surface area contributed by atoms with E-state index in [9.17, 15) is 0 Å². The predicted octanol–water partition coefficient (Wildman–Crippen LogP) is 4.08. The molecule has 1 saturated carbocycles. The molecule has 0 amide bonds. The van der Waals surface area contributed by atoms with Crippen molar-refractivity contribution < 1.29 is 14.2 Å². The van der Waals surface area contributed by atoms with Gasteiger partial charge in [0.1, 0.15) is 5.76 Å². The lowest BCUT2D eigenvalue weighted by Crippen LogP contribution is -2.50. The van der Waals surface area contributed by atoms with Gasteiger partial charge < -0.3 is 14.2 Å². The molecule has 1 spiro atoms. The van der Waals surface area contributed by atoms with Gasteiger partial charge in [-0.15, -0.1) is 0 Å². The molecule has 1 aliphatic heterocycles. The van der Waals surface area contributed by atoms with E-state index in [0.717, 1.165) is 36.5 Å². The van der Waals surface area contributed by atoms with Crippen LogP contribution in [-0.2, 0) is 16.6 Å². The molecule has 0 radical (unpaired) electrons. The van der Waals surface area contributed by atoms with E-state index in [0.29, 0.717) is 5.92 Å². The van der Waals surface area contributed by atoms with E-state index in [2.05, 4.69) is 37.3 Å². The summed E-state index contributed by atoms with van der Waals surface area (Å²) >= 11 is 0. The van der Waals surface area contributed by atoms with Crippen molar-refractivity contribution in [2.75, 3.05) is 14.2 Å². The van der Waals surface area contributed by atoms with Crippen molar-refractivity contribution in [1.82, 2.24) is 0 Å². The van der Waals surface area contributed by atoms with E-state index in [1.807, 2.05) is 0 Å². The molecule has 1 fully saturated rings. The first-order valence-corrected chi connectivity index (χ1v) is 8.73. The maximum Gasteiger partial charge on any atom is 0.169 e. The lowest BCUT2D eigenvalue weighted by Gasteiger charge is -2.50. The van der Waals surface area contributed by atoms with Gasteiger partial charge in [0.05, 0.1) is 19.6 Å². The van der Waals surface area contributed by atoms with Crippen molar-refractivity contribution in [3.8, 4) is 11.5 Å². The minimum atomic E-state index is -0.0747. The standard InChI is InChI=1S/C21H22O3/c1-4-12-9-10-21-15-6-8-17(23-3)20(21)24-19-16(22-2)7-5-13(18(19)21)11-14(12)15/h4-8,14,20H,9-11H2,1-3H3/b12-4+/t14-,20-,21-/m0/s1. The zero-order valence-electron chi connectivity index (χ0n) is 14.4. The van der Waals surface area contributed by atoms with Crippen molar-refractivity contribution in [3.63, 3.8) is 0 Å². The highest BCUT2D eigenvalue weighted by molar-refractivity contribution is 5.68. The summed E-state index contributed by atoms with van der Waals surface area (Å²) in [5, 5.41) is 0. The average Bonchev–Trinajstić information content (AvgIpc) is 2.96. The van der Waals surface area contributed by atoms with Gasteiger partial charge in [-0.2, -0.15) is 0 Å². The number of hydrogen-bond acceptors (Lipinski definition) is 3. The first-order valence-electron chi connectivity index (χ1n) is 8.73. The fourth-order valence-electron chi connectivity index (χ4n) is 5.42. The number of rotatable bonds is 2. The third-order valence-electron chi connectivity index (χ3n) is 6.42. The first-order chi connectivity index (χ1) is 11.7.